The molecule has 3 aromatic rings. The van der Waals surface area contributed by atoms with E-state index in [0.717, 1.165) is 12.1 Å². The highest BCUT2D eigenvalue weighted by Crippen LogP contribution is 2.37. The third kappa shape index (κ3) is 3.31. The molecule has 1 aromatic heterocycles. The number of phenolic OH excluding ortho intramolecular Hbond substituents is 3. The second-order valence-corrected chi connectivity index (χ2v) is 6.80. The van der Waals surface area contributed by atoms with Crippen molar-refractivity contribution in [3.63, 3.8) is 0 Å². The number of benzene rings is 2. The van der Waals surface area contributed by atoms with Crippen LogP contribution < -0.4 is 10.2 Å². The topological polar surface area (TPSA) is 170 Å². The molecule has 4 atom stereocenters. The van der Waals surface area contributed by atoms with E-state index >= 15 is 0 Å². The van der Waals surface area contributed by atoms with E-state index in [0.29, 0.717) is 5.56 Å². The number of ether oxygens (including phenoxy) is 2. The number of aliphatic hydroxyl groups excluding tert-OH is 3. The standard InChI is InChI=1S/C20H18O10/c21-7-13-15(25)17(27)20(29-13)30-19-16(26)14-11(24)5-10(23)6-12(14)28-18(19)8-1-3-9(22)4-2-8/h1-6,13,15,17,20-25,27H,7H2/t13?,15-,17?,20?/m1/s1. The molecule has 0 aliphatic carbocycles. The van der Waals surface area contributed by atoms with Crippen LogP contribution >= 0.6 is 0 Å². The fourth-order valence-corrected chi connectivity index (χ4v) is 3.26. The molecule has 1 aliphatic rings. The summed E-state index contributed by atoms with van der Waals surface area (Å²) >= 11 is 0. The molecular formula is C20H18O10. The predicted molar refractivity (Wildman–Crippen MR) is 101 cm³/mol. The van der Waals surface area contributed by atoms with Gasteiger partial charge >= 0.3 is 0 Å². The Morgan fingerprint density at radius 1 is 0.967 bits per heavy atom. The van der Waals surface area contributed by atoms with Gasteiger partial charge in [0.15, 0.2) is 5.76 Å². The number of fused-ring (bicyclic) bond motifs is 1. The molecule has 0 amide bonds. The van der Waals surface area contributed by atoms with Crippen LogP contribution in [0.5, 0.6) is 23.0 Å². The lowest BCUT2D eigenvalue weighted by molar-refractivity contribution is -0.117. The van der Waals surface area contributed by atoms with Gasteiger partial charge in [-0.05, 0) is 24.3 Å². The first-order chi connectivity index (χ1) is 14.3. The summed E-state index contributed by atoms with van der Waals surface area (Å²) < 4.78 is 16.5. The lowest BCUT2D eigenvalue weighted by atomic mass is 10.1. The highest BCUT2D eigenvalue weighted by molar-refractivity contribution is 5.88. The van der Waals surface area contributed by atoms with Gasteiger partial charge in [-0.25, -0.2) is 0 Å². The van der Waals surface area contributed by atoms with Gasteiger partial charge in [-0.3, -0.25) is 4.79 Å². The first kappa shape index (κ1) is 20.0. The van der Waals surface area contributed by atoms with Gasteiger partial charge in [0.05, 0.1) is 6.61 Å². The summed E-state index contributed by atoms with van der Waals surface area (Å²) in [6.07, 6.45) is -5.65. The molecule has 0 saturated carbocycles. The van der Waals surface area contributed by atoms with E-state index in [4.69, 9.17) is 13.9 Å². The van der Waals surface area contributed by atoms with Crippen LogP contribution in [-0.2, 0) is 4.74 Å². The van der Waals surface area contributed by atoms with E-state index in [-0.39, 0.29) is 28.2 Å². The van der Waals surface area contributed by atoms with Crippen molar-refractivity contribution in [1.82, 2.24) is 0 Å². The molecule has 2 heterocycles. The maximum absolute atomic E-state index is 13.1. The van der Waals surface area contributed by atoms with Gasteiger partial charge in [0.2, 0.25) is 17.5 Å². The molecule has 3 unspecified atom stereocenters. The van der Waals surface area contributed by atoms with Crippen molar-refractivity contribution in [3.05, 3.63) is 46.6 Å². The molecule has 158 valence electrons. The predicted octanol–water partition coefficient (Wildman–Crippen LogP) is 0.395. The first-order valence-corrected chi connectivity index (χ1v) is 8.91. The van der Waals surface area contributed by atoms with Crippen LogP contribution in [0.1, 0.15) is 0 Å². The van der Waals surface area contributed by atoms with Gasteiger partial charge in [-0.1, -0.05) is 0 Å². The molecule has 1 fully saturated rings. The second-order valence-electron chi connectivity index (χ2n) is 6.80. The van der Waals surface area contributed by atoms with Gasteiger partial charge < -0.3 is 44.5 Å². The van der Waals surface area contributed by atoms with Crippen molar-refractivity contribution in [2.24, 2.45) is 0 Å². The Labute approximate surface area is 168 Å². The zero-order valence-corrected chi connectivity index (χ0v) is 15.3. The molecule has 30 heavy (non-hydrogen) atoms. The Morgan fingerprint density at radius 3 is 2.30 bits per heavy atom. The molecule has 0 radical (unpaired) electrons. The Morgan fingerprint density at radius 2 is 1.67 bits per heavy atom. The number of rotatable bonds is 4. The maximum Gasteiger partial charge on any atom is 0.239 e. The summed E-state index contributed by atoms with van der Waals surface area (Å²) in [6, 6.07) is 7.65. The van der Waals surface area contributed by atoms with Crippen LogP contribution in [0.15, 0.2) is 45.6 Å². The highest BCUT2D eigenvalue weighted by Gasteiger charge is 2.44. The van der Waals surface area contributed by atoms with E-state index in [1.807, 2.05) is 0 Å². The molecule has 4 rings (SSSR count). The quantitative estimate of drug-likeness (QED) is 0.348. The summed E-state index contributed by atoms with van der Waals surface area (Å²) in [5, 5.41) is 58.4. The molecule has 0 spiro atoms. The van der Waals surface area contributed by atoms with Crippen LogP contribution in [0.4, 0.5) is 0 Å². The van der Waals surface area contributed by atoms with Gasteiger partial charge in [0.1, 0.15) is 46.5 Å². The fraction of sp³-hybridized carbons (Fsp3) is 0.250. The first-order valence-electron chi connectivity index (χ1n) is 8.91. The normalized spacial score (nSPS) is 23.7. The van der Waals surface area contributed by atoms with Crippen molar-refractivity contribution in [2.45, 2.75) is 24.6 Å². The molecule has 0 bridgehead atoms. The summed E-state index contributed by atoms with van der Waals surface area (Å²) in [4.78, 5) is 13.1. The average Bonchev–Trinajstić information content (AvgIpc) is 2.97. The molecule has 2 aromatic carbocycles. The number of phenols is 3. The van der Waals surface area contributed by atoms with Crippen LogP contribution in [-0.4, -0.2) is 61.8 Å². The highest BCUT2D eigenvalue weighted by atomic mass is 16.7. The molecule has 10 nitrogen and oxygen atoms in total. The summed E-state index contributed by atoms with van der Waals surface area (Å²) in [5.74, 6) is -1.50. The fourth-order valence-electron chi connectivity index (χ4n) is 3.26. The minimum absolute atomic E-state index is 0.0388. The van der Waals surface area contributed by atoms with Gasteiger partial charge in [0, 0.05) is 17.7 Å². The van der Waals surface area contributed by atoms with E-state index in [9.17, 15) is 35.4 Å². The third-order valence-electron chi connectivity index (χ3n) is 4.78. The second kappa shape index (κ2) is 7.50. The summed E-state index contributed by atoms with van der Waals surface area (Å²) in [5.41, 5.74) is -0.653. The molecule has 1 saturated heterocycles. The Kier molecular flexibility index (Phi) is 5.00. The van der Waals surface area contributed by atoms with Gasteiger partial charge in [-0.2, -0.15) is 0 Å². The Balaban J connectivity index is 1.90. The molecule has 1 aliphatic heterocycles. The van der Waals surface area contributed by atoms with Gasteiger partial charge in [-0.15, -0.1) is 0 Å². The average molecular weight is 418 g/mol. The third-order valence-corrected chi connectivity index (χ3v) is 4.78. The van der Waals surface area contributed by atoms with Crippen molar-refractivity contribution in [1.29, 1.82) is 0 Å². The van der Waals surface area contributed by atoms with E-state index in [1.165, 1.54) is 24.3 Å². The maximum atomic E-state index is 13.1. The zero-order chi connectivity index (χ0) is 21.6. The number of aromatic hydroxyl groups is 3. The number of aliphatic hydroxyl groups is 3. The SMILES string of the molecule is O=c1c(OC2OC(CO)[C@@H](O)C2O)c(-c2ccc(O)cc2)oc2cc(O)cc(O)c12. The number of hydrogen-bond acceptors (Lipinski definition) is 10. The van der Waals surface area contributed by atoms with Crippen molar-refractivity contribution < 1.29 is 44.5 Å². The van der Waals surface area contributed by atoms with E-state index < -0.39 is 48.1 Å². The lowest BCUT2D eigenvalue weighted by Crippen LogP contribution is -2.36. The van der Waals surface area contributed by atoms with Crippen LogP contribution in [0.2, 0.25) is 0 Å². The Hall–Kier alpha value is -3.31. The minimum Gasteiger partial charge on any atom is -0.508 e. The number of hydrogen-bond donors (Lipinski definition) is 6. The summed E-state index contributed by atoms with van der Waals surface area (Å²) in [7, 11) is 0. The largest absolute Gasteiger partial charge is 0.508 e. The van der Waals surface area contributed by atoms with Crippen LogP contribution in [0.3, 0.4) is 0 Å². The van der Waals surface area contributed by atoms with E-state index in [2.05, 4.69) is 0 Å². The summed E-state index contributed by atoms with van der Waals surface area (Å²) in [6.45, 7) is -0.588. The van der Waals surface area contributed by atoms with Crippen molar-refractivity contribution >= 4 is 11.0 Å². The molecular weight excluding hydrogens is 400 g/mol. The van der Waals surface area contributed by atoms with Crippen LogP contribution in [0.25, 0.3) is 22.3 Å². The van der Waals surface area contributed by atoms with Crippen molar-refractivity contribution in [2.75, 3.05) is 6.61 Å². The zero-order valence-electron chi connectivity index (χ0n) is 15.3. The van der Waals surface area contributed by atoms with Crippen molar-refractivity contribution in [3.8, 4) is 34.3 Å². The van der Waals surface area contributed by atoms with Crippen LogP contribution in [0, 0.1) is 0 Å². The van der Waals surface area contributed by atoms with E-state index in [1.54, 1.807) is 0 Å². The molecule has 10 heteroatoms. The molecule has 6 N–H and O–H groups in total. The van der Waals surface area contributed by atoms with Gasteiger partial charge in [0.25, 0.3) is 0 Å². The lowest BCUT2D eigenvalue weighted by Gasteiger charge is -2.18. The Bertz CT molecular complexity index is 1140. The monoisotopic (exact) mass is 418 g/mol. The minimum atomic E-state index is -1.57. The smallest absolute Gasteiger partial charge is 0.239 e.